The number of carboxylic acid groups (broad SMARTS) is 1. The third kappa shape index (κ3) is 3.59. The van der Waals surface area contributed by atoms with E-state index in [0.29, 0.717) is 12.1 Å². The fourth-order valence-electron chi connectivity index (χ4n) is 2.08. The highest BCUT2D eigenvalue weighted by Gasteiger charge is 2.32. The average Bonchev–Trinajstić information content (AvgIpc) is 2.94. The van der Waals surface area contributed by atoms with Crippen LogP contribution in [0.2, 0.25) is 0 Å². The van der Waals surface area contributed by atoms with Crippen LogP contribution >= 0.6 is 0 Å². The topological polar surface area (TPSA) is 88.0 Å². The van der Waals surface area contributed by atoms with Crippen molar-refractivity contribution in [3.8, 4) is 0 Å². The first-order valence-corrected chi connectivity index (χ1v) is 6.80. The normalized spacial score (nSPS) is 18.8. The van der Waals surface area contributed by atoms with E-state index in [-0.39, 0.29) is 5.92 Å². The molecule has 6 nitrogen and oxygen atoms in total. The molecule has 0 aromatic heterocycles. The molecule has 1 aromatic rings. The number of hydrogen-bond acceptors (Lipinski definition) is 4. The van der Waals surface area contributed by atoms with E-state index in [1.165, 1.54) is 0 Å². The van der Waals surface area contributed by atoms with Crippen molar-refractivity contribution in [3.63, 3.8) is 0 Å². The van der Waals surface area contributed by atoms with Gasteiger partial charge in [-0.2, -0.15) is 0 Å². The summed E-state index contributed by atoms with van der Waals surface area (Å²) in [6.07, 6.45) is -0.443. The number of rotatable bonds is 5. The van der Waals surface area contributed by atoms with Gasteiger partial charge in [-0.1, -0.05) is 49.3 Å². The Morgan fingerprint density at radius 1 is 1.33 bits per heavy atom. The molecule has 0 saturated carbocycles. The van der Waals surface area contributed by atoms with Crippen molar-refractivity contribution < 1.29 is 19.5 Å². The zero-order valence-corrected chi connectivity index (χ0v) is 11.9. The number of carbonyl (C=O) groups excluding carboxylic acids is 1. The summed E-state index contributed by atoms with van der Waals surface area (Å²) in [4.78, 5) is 28.3. The number of nitrogens with one attached hydrogen (secondary N) is 1. The monoisotopic (exact) mass is 290 g/mol. The number of carbonyl (C=O) groups is 2. The standard InChI is InChI=1S/C15H18N2O4/c1-9(2)13(15(19)20)16-14(18)12-8-11(17-21-12)10-6-4-3-5-7-10/h3-7,9,12-13H,8H2,1-2H3,(H,16,18)(H,19,20)/t12?,13-/m1/s1. The molecular weight excluding hydrogens is 272 g/mol. The van der Waals surface area contributed by atoms with Crippen molar-refractivity contribution in [1.29, 1.82) is 0 Å². The molecule has 112 valence electrons. The van der Waals surface area contributed by atoms with Crippen molar-refractivity contribution in [3.05, 3.63) is 35.9 Å². The van der Waals surface area contributed by atoms with Crippen LogP contribution in [-0.4, -0.2) is 34.8 Å². The zero-order valence-electron chi connectivity index (χ0n) is 11.9. The van der Waals surface area contributed by atoms with E-state index in [1.54, 1.807) is 13.8 Å². The second kappa shape index (κ2) is 6.39. The van der Waals surface area contributed by atoms with Crippen LogP contribution in [0.5, 0.6) is 0 Å². The molecule has 0 aliphatic carbocycles. The van der Waals surface area contributed by atoms with Gasteiger partial charge in [-0.15, -0.1) is 0 Å². The Balaban J connectivity index is 1.96. The Labute approximate surface area is 122 Å². The lowest BCUT2D eigenvalue weighted by atomic mass is 10.0. The molecule has 2 rings (SSSR count). The van der Waals surface area contributed by atoms with Gasteiger partial charge in [0.25, 0.3) is 5.91 Å². The Kier molecular flexibility index (Phi) is 4.57. The number of hydrogen-bond donors (Lipinski definition) is 2. The lowest BCUT2D eigenvalue weighted by Gasteiger charge is -2.19. The van der Waals surface area contributed by atoms with Crippen molar-refractivity contribution in [2.75, 3.05) is 0 Å². The van der Waals surface area contributed by atoms with E-state index in [0.717, 1.165) is 5.56 Å². The quantitative estimate of drug-likeness (QED) is 0.858. The zero-order chi connectivity index (χ0) is 15.4. The van der Waals surface area contributed by atoms with Crippen molar-refractivity contribution in [2.24, 2.45) is 11.1 Å². The molecule has 1 aromatic carbocycles. The molecule has 1 aliphatic rings. The summed E-state index contributed by atoms with van der Waals surface area (Å²) in [6.45, 7) is 3.47. The highest BCUT2D eigenvalue weighted by Crippen LogP contribution is 2.17. The molecule has 1 amide bonds. The molecule has 1 aliphatic heterocycles. The summed E-state index contributed by atoms with van der Waals surface area (Å²) in [7, 11) is 0. The predicted octanol–water partition coefficient (Wildman–Crippen LogP) is 1.40. The molecule has 0 fully saturated rings. The molecule has 0 saturated heterocycles. The third-order valence-corrected chi connectivity index (χ3v) is 3.30. The fourth-order valence-corrected chi connectivity index (χ4v) is 2.08. The SMILES string of the molecule is CC(C)[C@@H](NC(=O)C1CC(c2ccccc2)=NO1)C(=O)O. The van der Waals surface area contributed by atoms with Gasteiger partial charge in [0.05, 0.1) is 5.71 Å². The van der Waals surface area contributed by atoms with E-state index in [9.17, 15) is 9.59 Å². The van der Waals surface area contributed by atoms with Gasteiger partial charge in [0, 0.05) is 6.42 Å². The Bertz CT molecular complexity index is 554. The fraction of sp³-hybridized carbons (Fsp3) is 0.400. The second-order valence-corrected chi connectivity index (χ2v) is 5.27. The summed E-state index contributed by atoms with van der Waals surface area (Å²) < 4.78 is 0. The highest BCUT2D eigenvalue weighted by molar-refractivity contribution is 6.04. The number of amides is 1. The van der Waals surface area contributed by atoms with Crippen LogP contribution < -0.4 is 5.32 Å². The maximum atomic E-state index is 12.1. The van der Waals surface area contributed by atoms with Gasteiger partial charge in [-0.3, -0.25) is 4.79 Å². The molecule has 2 N–H and O–H groups in total. The maximum absolute atomic E-state index is 12.1. The van der Waals surface area contributed by atoms with Crippen LogP contribution in [0, 0.1) is 5.92 Å². The van der Waals surface area contributed by atoms with E-state index >= 15 is 0 Å². The van der Waals surface area contributed by atoms with Gasteiger partial charge >= 0.3 is 5.97 Å². The van der Waals surface area contributed by atoms with Crippen molar-refractivity contribution >= 4 is 17.6 Å². The van der Waals surface area contributed by atoms with E-state index in [1.807, 2.05) is 30.3 Å². The van der Waals surface area contributed by atoms with Crippen LogP contribution in [-0.2, 0) is 14.4 Å². The number of benzene rings is 1. The Morgan fingerprint density at radius 2 is 2.00 bits per heavy atom. The molecular formula is C15H18N2O4. The first kappa shape index (κ1) is 15.0. The summed E-state index contributed by atoms with van der Waals surface area (Å²) in [5.74, 6) is -1.71. The molecule has 21 heavy (non-hydrogen) atoms. The summed E-state index contributed by atoms with van der Waals surface area (Å²) in [6, 6.07) is 8.49. The van der Waals surface area contributed by atoms with Gasteiger partial charge < -0.3 is 15.3 Å². The number of nitrogens with zero attached hydrogens (tertiary/aromatic N) is 1. The van der Waals surface area contributed by atoms with Crippen LogP contribution in [0.1, 0.15) is 25.8 Å². The van der Waals surface area contributed by atoms with Gasteiger partial charge in [-0.25, -0.2) is 4.79 Å². The summed E-state index contributed by atoms with van der Waals surface area (Å²) in [5.41, 5.74) is 1.58. The van der Waals surface area contributed by atoms with E-state index in [4.69, 9.17) is 9.94 Å². The Morgan fingerprint density at radius 3 is 2.57 bits per heavy atom. The first-order valence-electron chi connectivity index (χ1n) is 6.80. The minimum atomic E-state index is -1.06. The number of aliphatic carboxylic acids is 1. The molecule has 6 heteroatoms. The highest BCUT2D eigenvalue weighted by atomic mass is 16.6. The van der Waals surface area contributed by atoms with Crippen molar-refractivity contribution in [1.82, 2.24) is 5.32 Å². The van der Waals surface area contributed by atoms with E-state index < -0.39 is 24.0 Å². The molecule has 0 bridgehead atoms. The van der Waals surface area contributed by atoms with Gasteiger partial charge in [0.15, 0.2) is 0 Å². The largest absolute Gasteiger partial charge is 0.480 e. The molecule has 1 heterocycles. The molecule has 0 radical (unpaired) electrons. The van der Waals surface area contributed by atoms with E-state index in [2.05, 4.69) is 10.5 Å². The minimum Gasteiger partial charge on any atom is -0.480 e. The number of carboxylic acids is 1. The van der Waals surface area contributed by atoms with Gasteiger partial charge in [-0.05, 0) is 11.5 Å². The third-order valence-electron chi connectivity index (χ3n) is 3.30. The van der Waals surface area contributed by atoms with Gasteiger partial charge in [0.1, 0.15) is 6.04 Å². The summed E-state index contributed by atoms with van der Waals surface area (Å²) in [5, 5.41) is 15.5. The minimum absolute atomic E-state index is 0.206. The van der Waals surface area contributed by atoms with Crippen LogP contribution in [0.3, 0.4) is 0 Å². The van der Waals surface area contributed by atoms with Crippen LogP contribution in [0.4, 0.5) is 0 Å². The van der Waals surface area contributed by atoms with Crippen LogP contribution in [0.15, 0.2) is 35.5 Å². The number of oxime groups is 1. The smallest absolute Gasteiger partial charge is 0.326 e. The lowest BCUT2D eigenvalue weighted by Crippen LogP contribution is -2.48. The van der Waals surface area contributed by atoms with Crippen LogP contribution in [0.25, 0.3) is 0 Å². The lowest BCUT2D eigenvalue weighted by molar-refractivity contribution is -0.145. The Hall–Kier alpha value is -2.37. The predicted molar refractivity (Wildman–Crippen MR) is 76.9 cm³/mol. The maximum Gasteiger partial charge on any atom is 0.326 e. The van der Waals surface area contributed by atoms with Crippen molar-refractivity contribution in [2.45, 2.75) is 32.4 Å². The average molecular weight is 290 g/mol. The first-order chi connectivity index (χ1) is 9.99. The molecule has 2 atom stereocenters. The second-order valence-electron chi connectivity index (χ2n) is 5.27. The van der Waals surface area contributed by atoms with Gasteiger partial charge in [0.2, 0.25) is 6.10 Å². The molecule has 1 unspecified atom stereocenters. The molecule has 0 spiro atoms. The summed E-state index contributed by atoms with van der Waals surface area (Å²) >= 11 is 0.